The van der Waals surface area contributed by atoms with Crippen molar-refractivity contribution in [3.05, 3.63) is 70.0 Å². The highest BCUT2D eigenvalue weighted by Crippen LogP contribution is 2.20. The average molecular weight is 461 g/mol. The van der Waals surface area contributed by atoms with Crippen LogP contribution >= 0.6 is 0 Å². The number of hydrogen-bond acceptors (Lipinski definition) is 6. The monoisotopic (exact) mass is 461 g/mol. The highest BCUT2D eigenvalue weighted by atomic mass is 19.1. The molecule has 8 nitrogen and oxygen atoms in total. The first kappa shape index (κ1) is 23.1. The Kier molecular flexibility index (Phi) is 6.68. The van der Waals surface area contributed by atoms with E-state index in [4.69, 9.17) is 5.26 Å². The number of amides is 1. The van der Waals surface area contributed by atoms with Crippen LogP contribution in [0.5, 0.6) is 0 Å². The quantitative estimate of drug-likeness (QED) is 0.559. The molecule has 0 spiro atoms. The third kappa shape index (κ3) is 4.96. The van der Waals surface area contributed by atoms with Gasteiger partial charge >= 0.3 is 0 Å². The number of carbonyl (C=O) groups excluding carboxylic acids is 2. The lowest BCUT2D eigenvalue weighted by Gasteiger charge is -2.35. The van der Waals surface area contributed by atoms with E-state index in [1.165, 1.54) is 23.0 Å². The number of ketones is 1. The minimum Gasteiger partial charge on any atom is -0.368 e. The van der Waals surface area contributed by atoms with E-state index in [0.717, 1.165) is 11.8 Å². The van der Waals surface area contributed by atoms with Gasteiger partial charge in [-0.2, -0.15) is 5.26 Å². The van der Waals surface area contributed by atoms with Crippen molar-refractivity contribution in [1.82, 2.24) is 14.5 Å². The Morgan fingerprint density at radius 2 is 1.88 bits per heavy atom. The predicted molar refractivity (Wildman–Crippen MR) is 125 cm³/mol. The molecule has 174 valence electrons. The fourth-order valence-corrected chi connectivity index (χ4v) is 4.10. The van der Waals surface area contributed by atoms with E-state index in [1.807, 2.05) is 12.1 Å². The van der Waals surface area contributed by atoms with Gasteiger partial charge in [0.25, 0.3) is 5.56 Å². The maximum atomic E-state index is 14.1. The number of rotatable bonds is 6. The molecule has 0 saturated carbocycles. The lowest BCUT2D eigenvalue weighted by atomic mass is 10.0. The van der Waals surface area contributed by atoms with Crippen LogP contribution in [0.25, 0.3) is 10.9 Å². The summed E-state index contributed by atoms with van der Waals surface area (Å²) in [4.78, 5) is 45.3. The third-order valence-electron chi connectivity index (χ3n) is 6.10. The van der Waals surface area contributed by atoms with Gasteiger partial charge in [0.05, 0.1) is 35.4 Å². The number of nitriles is 1. The molecule has 1 fully saturated rings. The van der Waals surface area contributed by atoms with Crippen molar-refractivity contribution in [3.63, 3.8) is 0 Å². The van der Waals surface area contributed by atoms with Gasteiger partial charge in [-0.05, 0) is 42.3 Å². The Bertz CT molecular complexity index is 1350. The normalized spacial score (nSPS) is 13.7. The summed E-state index contributed by atoms with van der Waals surface area (Å²) in [7, 11) is 0. The first-order chi connectivity index (χ1) is 16.4. The highest BCUT2D eigenvalue weighted by molar-refractivity contribution is 5.83. The minimum atomic E-state index is -0.520. The van der Waals surface area contributed by atoms with Crippen LogP contribution in [0.1, 0.15) is 24.5 Å². The molecule has 2 heterocycles. The Labute approximate surface area is 195 Å². The zero-order valence-electron chi connectivity index (χ0n) is 18.8. The maximum Gasteiger partial charge on any atom is 0.261 e. The number of anilines is 1. The first-order valence-corrected chi connectivity index (χ1v) is 11.1. The second kappa shape index (κ2) is 9.83. The van der Waals surface area contributed by atoms with Crippen molar-refractivity contribution in [3.8, 4) is 6.07 Å². The molecule has 3 aromatic rings. The van der Waals surface area contributed by atoms with Crippen molar-refractivity contribution >= 4 is 28.3 Å². The van der Waals surface area contributed by atoms with Crippen LogP contribution in [-0.2, 0) is 22.6 Å². The number of Topliss-reactive ketones (excluding diaryl/α,β-unsaturated/α-hetero) is 1. The number of piperazine rings is 1. The molecule has 4 rings (SSSR count). The van der Waals surface area contributed by atoms with Gasteiger partial charge in [-0.25, -0.2) is 9.37 Å². The van der Waals surface area contributed by atoms with Gasteiger partial charge in [-0.3, -0.25) is 19.0 Å². The van der Waals surface area contributed by atoms with Crippen molar-refractivity contribution in [2.24, 2.45) is 0 Å². The summed E-state index contributed by atoms with van der Waals surface area (Å²) in [5.41, 5.74) is 1.67. The number of benzene rings is 2. The van der Waals surface area contributed by atoms with Crippen LogP contribution in [0.15, 0.2) is 47.5 Å². The standard InChI is InChI=1S/C25H24FN5O3/c1-17(32)29-8-10-30(11-9-29)20-5-7-24-22(13-20)25(34)31(16-28-24)15-21(33)6-4-19-3-2-18(14-27)12-23(19)26/h2-3,5,7,12-13,16H,4,6,8-11,15H2,1H3. The van der Waals surface area contributed by atoms with E-state index in [1.54, 1.807) is 24.0 Å². The van der Waals surface area contributed by atoms with Gasteiger partial charge in [-0.15, -0.1) is 0 Å². The molecular weight excluding hydrogens is 437 g/mol. The first-order valence-electron chi connectivity index (χ1n) is 11.1. The van der Waals surface area contributed by atoms with Gasteiger partial charge in [0.2, 0.25) is 5.91 Å². The lowest BCUT2D eigenvalue weighted by Crippen LogP contribution is -2.48. The molecular formula is C25H24FN5O3. The third-order valence-corrected chi connectivity index (χ3v) is 6.10. The Morgan fingerprint density at radius 1 is 1.12 bits per heavy atom. The summed E-state index contributed by atoms with van der Waals surface area (Å²) < 4.78 is 15.3. The van der Waals surface area contributed by atoms with E-state index in [0.29, 0.717) is 42.6 Å². The van der Waals surface area contributed by atoms with Crippen LogP contribution in [0, 0.1) is 17.1 Å². The van der Waals surface area contributed by atoms with E-state index in [2.05, 4.69) is 9.88 Å². The molecule has 9 heteroatoms. The molecule has 1 aromatic heterocycles. The van der Waals surface area contributed by atoms with Crippen LogP contribution < -0.4 is 10.5 Å². The number of aromatic nitrogens is 2. The molecule has 1 aliphatic rings. The summed E-state index contributed by atoms with van der Waals surface area (Å²) in [5, 5.41) is 9.25. The molecule has 0 aliphatic carbocycles. The van der Waals surface area contributed by atoms with Gasteiger partial charge in [0.1, 0.15) is 5.82 Å². The number of nitrogens with zero attached hydrogens (tertiary/aromatic N) is 5. The fraction of sp³-hybridized carbons (Fsp3) is 0.320. The number of fused-ring (bicyclic) bond motifs is 1. The average Bonchev–Trinajstić information content (AvgIpc) is 2.85. The van der Waals surface area contributed by atoms with Crippen LogP contribution in [0.2, 0.25) is 0 Å². The second-order valence-electron chi connectivity index (χ2n) is 8.33. The Balaban J connectivity index is 1.46. The fourth-order valence-electron chi connectivity index (χ4n) is 4.10. The summed E-state index contributed by atoms with van der Waals surface area (Å²) in [6, 6.07) is 11.5. The number of carbonyl (C=O) groups is 2. The molecule has 1 amide bonds. The van der Waals surface area contributed by atoms with Crippen molar-refractivity contribution < 1.29 is 14.0 Å². The van der Waals surface area contributed by atoms with Gasteiger partial charge in [0.15, 0.2) is 5.78 Å². The SMILES string of the molecule is CC(=O)N1CCN(c2ccc3ncn(CC(=O)CCc4ccc(C#N)cc4F)c(=O)c3c2)CC1. The summed E-state index contributed by atoms with van der Waals surface area (Å²) in [6.45, 7) is 4.00. The van der Waals surface area contributed by atoms with E-state index >= 15 is 0 Å². The van der Waals surface area contributed by atoms with E-state index < -0.39 is 5.82 Å². The maximum absolute atomic E-state index is 14.1. The molecule has 0 unspecified atom stereocenters. The predicted octanol–water partition coefficient (Wildman–Crippen LogP) is 2.28. The van der Waals surface area contributed by atoms with E-state index in [-0.39, 0.29) is 42.2 Å². The molecule has 0 radical (unpaired) electrons. The Hall–Kier alpha value is -4.06. The van der Waals surface area contributed by atoms with Gasteiger partial charge in [-0.1, -0.05) is 6.07 Å². The molecule has 2 aromatic carbocycles. The van der Waals surface area contributed by atoms with Crippen molar-refractivity contribution in [1.29, 1.82) is 5.26 Å². The van der Waals surface area contributed by atoms with Gasteiger partial charge < -0.3 is 9.80 Å². The van der Waals surface area contributed by atoms with Crippen molar-refractivity contribution in [2.75, 3.05) is 31.1 Å². The molecule has 1 aliphatic heterocycles. The van der Waals surface area contributed by atoms with Crippen LogP contribution in [-0.4, -0.2) is 52.3 Å². The zero-order chi connectivity index (χ0) is 24.2. The number of aryl methyl sites for hydroxylation is 1. The smallest absolute Gasteiger partial charge is 0.261 e. The van der Waals surface area contributed by atoms with E-state index in [9.17, 15) is 18.8 Å². The summed E-state index contributed by atoms with van der Waals surface area (Å²) in [5.74, 6) is -0.687. The topological polar surface area (TPSA) is 99.3 Å². The number of halogens is 1. The van der Waals surface area contributed by atoms with Crippen molar-refractivity contribution in [2.45, 2.75) is 26.3 Å². The lowest BCUT2D eigenvalue weighted by molar-refractivity contribution is -0.129. The zero-order valence-corrected chi connectivity index (χ0v) is 18.8. The number of hydrogen-bond donors (Lipinski definition) is 0. The minimum absolute atomic E-state index is 0.0526. The highest BCUT2D eigenvalue weighted by Gasteiger charge is 2.19. The molecule has 34 heavy (non-hydrogen) atoms. The molecule has 1 saturated heterocycles. The summed E-state index contributed by atoms with van der Waals surface area (Å²) in [6.07, 6.45) is 1.60. The molecule has 0 atom stereocenters. The second-order valence-corrected chi connectivity index (χ2v) is 8.33. The largest absolute Gasteiger partial charge is 0.368 e. The molecule has 0 N–H and O–H groups in total. The van der Waals surface area contributed by atoms with Crippen LogP contribution in [0.3, 0.4) is 0 Å². The Morgan fingerprint density at radius 3 is 2.56 bits per heavy atom. The van der Waals surface area contributed by atoms with Gasteiger partial charge in [0, 0.05) is 45.2 Å². The summed E-state index contributed by atoms with van der Waals surface area (Å²) >= 11 is 0. The molecule has 0 bridgehead atoms. The van der Waals surface area contributed by atoms with Crippen LogP contribution in [0.4, 0.5) is 10.1 Å².